The Kier molecular flexibility index (Phi) is 6.06. The zero-order chi connectivity index (χ0) is 17.6. The Morgan fingerprint density at radius 3 is 2.32 bits per heavy atom. The zero-order valence-corrected chi connectivity index (χ0v) is 14.8. The first kappa shape index (κ1) is 17.9. The SMILES string of the molecule is CCCC1CCC(c2ccc(OCc3ccc(F)cc3F)cc2)CC1. The Labute approximate surface area is 149 Å². The molecule has 0 spiro atoms. The summed E-state index contributed by atoms with van der Waals surface area (Å²) in [5, 5.41) is 0. The smallest absolute Gasteiger partial charge is 0.132 e. The van der Waals surface area contributed by atoms with E-state index in [-0.39, 0.29) is 6.61 Å². The molecule has 0 unspecified atom stereocenters. The second kappa shape index (κ2) is 8.46. The molecular formula is C22H26F2O. The van der Waals surface area contributed by atoms with Gasteiger partial charge >= 0.3 is 0 Å². The van der Waals surface area contributed by atoms with Gasteiger partial charge in [0.2, 0.25) is 0 Å². The third-order valence-corrected chi connectivity index (χ3v) is 5.30. The third kappa shape index (κ3) is 4.81. The molecule has 1 aliphatic carbocycles. The van der Waals surface area contributed by atoms with Gasteiger partial charge < -0.3 is 4.74 Å². The highest BCUT2D eigenvalue weighted by Gasteiger charge is 2.21. The fourth-order valence-electron chi connectivity index (χ4n) is 3.83. The molecule has 0 heterocycles. The molecule has 3 heteroatoms. The number of hydrogen-bond acceptors (Lipinski definition) is 1. The maximum Gasteiger partial charge on any atom is 0.132 e. The Balaban J connectivity index is 1.54. The Morgan fingerprint density at radius 1 is 0.960 bits per heavy atom. The minimum atomic E-state index is -0.570. The van der Waals surface area contributed by atoms with Gasteiger partial charge in [-0.15, -0.1) is 0 Å². The van der Waals surface area contributed by atoms with Crippen molar-refractivity contribution < 1.29 is 13.5 Å². The van der Waals surface area contributed by atoms with Gasteiger partial charge in [0.25, 0.3) is 0 Å². The molecule has 0 saturated heterocycles. The van der Waals surface area contributed by atoms with Crippen LogP contribution in [-0.2, 0) is 6.61 Å². The molecule has 2 aromatic carbocycles. The number of rotatable bonds is 6. The molecule has 0 aromatic heterocycles. The molecule has 134 valence electrons. The highest BCUT2D eigenvalue weighted by Crippen LogP contribution is 2.37. The molecular weight excluding hydrogens is 318 g/mol. The molecule has 25 heavy (non-hydrogen) atoms. The normalized spacial score (nSPS) is 20.4. The topological polar surface area (TPSA) is 9.23 Å². The van der Waals surface area contributed by atoms with Gasteiger partial charge in [-0.2, -0.15) is 0 Å². The molecule has 0 aliphatic heterocycles. The summed E-state index contributed by atoms with van der Waals surface area (Å²) in [7, 11) is 0. The Hall–Kier alpha value is -1.90. The number of ether oxygens (including phenoxy) is 1. The van der Waals surface area contributed by atoms with E-state index in [1.807, 2.05) is 12.1 Å². The standard InChI is InChI=1S/C22H26F2O/c1-2-3-16-4-6-17(7-5-16)18-9-12-21(13-10-18)25-15-19-8-11-20(23)14-22(19)24/h8-14,16-17H,2-7,15H2,1H3. The highest BCUT2D eigenvalue weighted by atomic mass is 19.1. The van der Waals surface area contributed by atoms with Crippen LogP contribution in [-0.4, -0.2) is 0 Å². The van der Waals surface area contributed by atoms with E-state index < -0.39 is 11.6 Å². The molecule has 1 fully saturated rings. The van der Waals surface area contributed by atoms with Gasteiger partial charge in [0.05, 0.1) is 0 Å². The van der Waals surface area contributed by atoms with Crippen LogP contribution in [0.15, 0.2) is 42.5 Å². The largest absolute Gasteiger partial charge is 0.489 e. The molecule has 3 rings (SSSR count). The third-order valence-electron chi connectivity index (χ3n) is 5.30. The number of hydrogen-bond donors (Lipinski definition) is 0. The van der Waals surface area contributed by atoms with Crippen LogP contribution in [0, 0.1) is 17.6 Å². The minimum absolute atomic E-state index is 0.105. The summed E-state index contributed by atoms with van der Waals surface area (Å²) >= 11 is 0. The summed E-state index contributed by atoms with van der Waals surface area (Å²) in [5.74, 6) is 1.14. The van der Waals surface area contributed by atoms with E-state index in [0.717, 1.165) is 12.0 Å². The average molecular weight is 344 g/mol. The first-order chi connectivity index (χ1) is 12.2. The van der Waals surface area contributed by atoms with Crippen molar-refractivity contribution in [2.45, 2.75) is 58.0 Å². The van der Waals surface area contributed by atoms with E-state index >= 15 is 0 Å². The van der Waals surface area contributed by atoms with E-state index in [1.54, 1.807) is 0 Å². The highest BCUT2D eigenvalue weighted by molar-refractivity contribution is 5.30. The summed E-state index contributed by atoms with van der Waals surface area (Å²) in [6.45, 7) is 2.37. The van der Waals surface area contributed by atoms with Crippen molar-refractivity contribution in [3.63, 3.8) is 0 Å². The molecule has 1 aliphatic rings. The van der Waals surface area contributed by atoms with Crippen molar-refractivity contribution in [3.05, 3.63) is 65.2 Å². The zero-order valence-electron chi connectivity index (χ0n) is 14.8. The van der Waals surface area contributed by atoms with Crippen molar-refractivity contribution >= 4 is 0 Å². The van der Waals surface area contributed by atoms with Crippen molar-refractivity contribution in [1.82, 2.24) is 0 Å². The minimum Gasteiger partial charge on any atom is -0.489 e. The predicted octanol–water partition coefficient (Wildman–Crippen LogP) is 6.62. The van der Waals surface area contributed by atoms with Crippen LogP contribution in [0.4, 0.5) is 8.78 Å². The fraction of sp³-hybridized carbons (Fsp3) is 0.455. The van der Waals surface area contributed by atoms with Gasteiger partial charge in [0.15, 0.2) is 0 Å². The van der Waals surface area contributed by atoms with Crippen LogP contribution in [0.25, 0.3) is 0 Å². The lowest BCUT2D eigenvalue weighted by Crippen LogP contribution is -2.13. The second-order valence-corrected chi connectivity index (χ2v) is 7.10. The van der Waals surface area contributed by atoms with Crippen LogP contribution >= 0.6 is 0 Å². The van der Waals surface area contributed by atoms with E-state index in [9.17, 15) is 8.78 Å². The summed E-state index contributed by atoms with van der Waals surface area (Å²) in [6.07, 6.45) is 7.86. The quantitative estimate of drug-likeness (QED) is 0.572. The van der Waals surface area contributed by atoms with Gasteiger partial charge in [-0.3, -0.25) is 0 Å². The first-order valence-electron chi connectivity index (χ1n) is 9.32. The summed E-state index contributed by atoms with van der Waals surface area (Å²) in [5.41, 5.74) is 1.73. The molecule has 0 bridgehead atoms. The second-order valence-electron chi connectivity index (χ2n) is 7.10. The van der Waals surface area contributed by atoms with Gasteiger partial charge in [0, 0.05) is 11.6 Å². The molecule has 0 amide bonds. The van der Waals surface area contributed by atoms with E-state index in [0.29, 0.717) is 17.2 Å². The molecule has 0 atom stereocenters. The first-order valence-corrected chi connectivity index (χ1v) is 9.32. The lowest BCUT2D eigenvalue weighted by atomic mass is 9.77. The van der Waals surface area contributed by atoms with E-state index in [4.69, 9.17) is 4.74 Å². The molecule has 0 radical (unpaired) electrons. The van der Waals surface area contributed by atoms with Crippen LogP contribution < -0.4 is 4.74 Å². The Morgan fingerprint density at radius 2 is 1.68 bits per heavy atom. The number of benzene rings is 2. The number of halogens is 2. The van der Waals surface area contributed by atoms with Gasteiger partial charge in [-0.05, 0) is 67.3 Å². The van der Waals surface area contributed by atoms with Crippen molar-refractivity contribution in [2.75, 3.05) is 0 Å². The monoisotopic (exact) mass is 344 g/mol. The van der Waals surface area contributed by atoms with Gasteiger partial charge in [-0.1, -0.05) is 31.9 Å². The van der Waals surface area contributed by atoms with E-state index in [1.165, 1.54) is 56.2 Å². The lowest BCUT2D eigenvalue weighted by Gasteiger charge is -2.28. The summed E-state index contributed by atoms with van der Waals surface area (Å²) in [4.78, 5) is 0. The summed E-state index contributed by atoms with van der Waals surface area (Å²) < 4.78 is 32.2. The van der Waals surface area contributed by atoms with Crippen molar-refractivity contribution in [3.8, 4) is 5.75 Å². The predicted molar refractivity (Wildman–Crippen MR) is 96.7 cm³/mol. The van der Waals surface area contributed by atoms with Crippen molar-refractivity contribution in [1.29, 1.82) is 0 Å². The maximum atomic E-state index is 13.6. The van der Waals surface area contributed by atoms with Crippen LogP contribution in [0.1, 0.15) is 62.5 Å². The lowest BCUT2D eigenvalue weighted by molar-refractivity contribution is 0.298. The van der Waals surface area contributed by atoms with Gasteiger partial charge in [0.1, 0.15) is 24.0 Å². The van der Waals surface area contributed by atoms with Gasteiger partial charge in [-0.25, -0.2) is 8.78 Å². The molecule has 1 nitrogen and oxygen atoms in total. The van der Waals surface area contributed by atoms with Crippen molar-refractivity contribution in [2.24, 2.45) is 5.92 Å². The average Bonchev–Trinajstić information content (AvgIpc) is 2.62. The van der Waals surface area contributed by atoms with Crippen LogP contribution in [0.3, 0.4) is 0 Å². The molecule has 0 N–H and O–H groups in total. The molecule has 2 aromatic rings. The summed E-state index contributed by atoms with van der Waals surface area (Å²) in [6, 6.07) is 11.7. The maximum absolute atomic E-state index is 13.6. The Bertz CT molecular complexity index is 673. The van der Waals surface area contributed by atoms with E-state index in [2.05, 4.69) is 19.1 Å². The van der Waals surface area contributed by atoms with Crippen LogP contribution in [0.2, 0.25) is 0 Å². The van der Waals surface area contributed by atoms with Crippen LogP contribution in [0.5, 0.6) is 5.75 Å². The fourth-order valence-corrected chi connectivity index (χ4v) is 3.83. The molecule has 1 saturated carbocycles.